The lowest BCUT2D eigenvalue weighted by Gasteiger charge is -2.23. The summed E-state index contributed by atoms with van der Waals surface area (Å²) in [6.45, 7) is 2.16. The summed E-state index contributed by atoms with van der Waals surface area (Å²) in [5, 5.41) is 2.16. The second-order valence-electron chi connectivity index (χ2n) is 5.73. The summed E-state index contributed by atoms with van der Waals surface area (Å²) < 4.78 is 1.11. The minimum atomic E-state index is 0.127. The molecule has 0 radical (unpaired) electrons. The van der Waals surface area contributed by atoms with Crippen LogP contribution in [-0.2, 0) is 6.54 Å². The zero-order chi connectivity index (χ0) is 14.7. The largest absolute Gasteiger partial charge is 0.324 e. The Kier molecular flexibility index (Phi) is 5.11. The molecule has 1 aromatic carbocycles. The van der Waals surface area contributed by atoms with Crippen molar-refractivity contribution in [1.29, 1.82) is 0 Å². The molecule has 0 spiro atoms. The maximum atomic E-state index is 6.35. The summed E-state index contributed by atoms with van der Waals surface area (Å²) in [6, 6.07) is 13.7. The third-order valence-corrected chi connectivity index (χ3v) is 5.42. The molecule has 1 unspecified atom stereocenters. The summed E-state index contributed by atoms with van der Waals surface area (Å²) >= 11 is 5.32. The molecule has 1 aliphatic rings. The highest BCUT2D eigenvalue weighted by Gasteiger charge is 2.29. The number of thiophene rings is 1. The first kappa shape index (κ1) is 15.2. The average Bonchev–Trinajstić information content (AvgIpc) is 3.21. The first-order chi connectivity index (χ1) is 10.2. The van der Waals surface area contributed by atoms with E-state index in [1.54, 1.807) is 0 Å². The van der Waals surface area contributed by atoms with E-state index in [2.05, 4.69) is 62.6 Å². The van der Waals surface area contributed by atoms with Crippen LogP contribution in [0.15, 0.2) is 46.3 Å². The van der Waals surface area contributed by atoms with Crippen LogP contribution in [0.2, 0.25) is 0 Å². The van der Waals surface area contributed by atoms with Gasteiger partial charge in [0.15, 0.2) is 0 Å². The van der Waals surface area contributed by atoms with Gasteiger partial charge in [-0.25, -0.2) is 0 Å². The van der Waals surface area contributed by atoms with E-state index in [1.165, 1.54) is 23.3 Å². The standard InChI is InChI=1S/C17H21BrN2S/c18-14-5-3-13(4-6-14)17(19)9-10-20(15-7-8-15)12-16-2-1-11-21-16/h1-6,11,15,17H,7-10,12,19H2. The lowest BCUT2D eigenvalue weighted by atomic mass is 10.0. The molecule has 4 heteroatoms. The van der Waals surface area contributed by atoms with Crippen molar-refractivity contribution in [3.05, 3.63) is 56.7 Å². The van der Waals surface area contributed by atoms with E-state index in [9.17, 15) is 0 Å². The fourth-order valence-corrected chi connectivity index (χ4v) is 3.61. The fraction of sp³-hybridized carbons (Fsp3) is 0.412. The molecule has 0 aliphatic heterocycles. The van der Waals surface area contributed by atoms with Crippen LogP contribution in [0.25, 0.3) is 0 Å². The molecular formula is C17H21BrN2S. The number of hydrogen-bond acceptors (Lipinski definition) is 3. The van der Waals surface area contributed by atoms with Gasteiger partial charge < -0.3 is 5.73 Å². The Labute approximate surface area is 139 Å². The second kappa shape index (κ2) is 7.05. The Morgan fingerprint density at radius 1 is 1.24 bits per heavy atom. The molecule has 1 aromatic heterocycles. The molecule has 1 heterocycles. The Morgan fingerprint density at radius 3 is 2.62 bits per heavy atom. The number of nitrogens with two attached hydrogens (primary N) is 1. The summed E-state index contributed by atoms with van der Waals surface area (Å²) in [5.74, 6) is 0. The molecule has 1 fully saturated rings. The van der Waals surface area contributed by atoms with Crippen molar-refractivity contribution in [3.63, 3.8) is 0 Å². The van der Waals surface area contributed by atoms with Crippen LogP contribution in [0.3, 0.4) is 0 Å². The maximum absolute atomic E-state index is 6.35. The molecule has 1 aliphatic carbocycles. The summed E-state index contributed by atoms with van der Waals surface area (Å²) in [6.07, 6.45) is 3.71. The summed E-state index contributed by atoms with van der Waals surface area (Å²) in [5.41, 5.74) is 7.57. The van der Waals surface area contributed by atoms with Crippen LogP contribution in [-0.4, -0.2) is 17.5 Å². The van der Waals surface area contributed by atoms with Crippen molar-refractivity contribution >= 4 is 27.3 Å². The smallest absolute Gasteiger partial charge is 0.0330 e. The first-order valence-electron chi connectivity index (χ1n) is 7.50. The van der Waals surface area contributed by atoms with Gasteiger partial charge >= 0.3 is 0 Å². The van der Waals surface area contributed by atoms with Gasteiger partial charge in [0, 0.05) is 34.5 Å². The Balaban J connectivity index is 1.55. The number of hydrogen-bond donors (Lipinski definition) is 1. The third kappa shape index (κ3) is 4.39. The van der Waals surface area contributed by atoms with Gasteiger partial charge in [-0.05, 0) is 48.4 Å². The van der Waals surface area contributed by atoms with Gasteiger partial charge in [-0.2, -0.15) is 0 Å². The lowest BCUT2D eigenvalue weighted by molar-refractivity contribution is 0.247. The zero-order valence-corrected chi connectivity index (χ0v) is 14.4. The topological polar surface area (TPSA) is 29.3 Å². The van der Waals surface area contributed by atoms with Gasteiger partial charge in [-0.15, -0.1) is 11.3 Å². The van der Waals surface area contributed by atoms with E-state index in [1.807, 2.05) is 11.3 Å². The van der Waals surface area contributed by atoms with E-state index >= 15 is 0 Å². The molecule has 0 amide bonds. The Morgan fingerprint density at radius 2 is 2.00 bits per heavy atom. The van der Waals surface area contributed by atoms with E-state index in [0.717, 1.165) is 30.0 Å². The molecule has 2 N–H and O–H groups in total. The Hall–Kier alpha value is -0.680. The molecule has 1 saturated carbocycles. The highest BCUT2D eigenvalue weighted by atomic mass is 79.9. The van der Waals surface area contributed by atoms with Gasteiger partial charge in [-0.1, -0.05) is 34.1 Å². The molecule has 3 rings (SSSR count). The number of benzene rings is 1. The normalized spacial score (nSPS) is 16.3. The van der Waals surface area contributed by atoms with Gasteiger partial charge in [0.2, 0.25) is 0 Å². The predicted molar refractivity (Wildman–Crippen MR) is 93.4 cm³/mol. The fourth-order valence-electron chi connectivity index (χ4n) is 2.61. The van der Waals surface area contributed by atoms with Crippen molar-refractivity contribution < 1.29 is 0 Å². The number of rotatable bonds is 7. The minimum absolute atomic E-state index is 0.127. The van der Waals surface area contributed by atoms with Crippen LogP contribution in [0.1, 0.15) is 35.7 Å². The first-order valence-corrected chi connectivity index (χ1v) is 9.17. The predicted octanol–water partition coefficient (Wildman–Crippen LogP) is 4.57. The highest BCUT2D eigenvalue weighted by molar-refractivity contribution is 9.10. The molecule has 0 bridgehead atoms. The quantitative estimate of drug-likeness (QED) is 0.779. The third-order valence-electron chi connectivity index (χ3n) is 4.03. The molecule has 1 atom stereocenters. The van der Waals surface area contributed by atoms with Crippen LogP contribution >= 0.6 is 27.3 Å². The molecule has 112 valence electrons. The lowest BCUT2D eigenvalue weighted by Crippen LogP contribution is -2.28. The van der Waals surface area contributed by atoms with E-state index in [-0.39, 0.29) is 6.04 Å². The van der Waals surface area contributed by atoms with Crippen LogP contribution < -0.4 is 5.73 Å². The van der Waals surface area contributed by atoms with Crippen molar-refractivity contribution in [1.82, 2.24) is 4.90 Å². The van der Waals surface area contributed by atoms with E-state index < -0.39 is 0 Å². The van der Waals surface area contributed by atoms with Crippen molar-refractivity contribution in [2.75, 3.05) is 6.54 Å². The SMILES string of the molecule is NC(CCN(Cc1cccs1)C1CC1)c1ccc(Br)cc1. The van der Waals surface area contributed by atoms with E-state index in [4.69, 9.17) is 5.73 Å². The number of nitrogens with zero attached hydrogens (tertiary/aromatic N) is 1. The molecule has 0 saturated heterocycles. The van der Waals surface area contributed by atoms with Gasteiger partial charge in [0.1, 0.15) is 0 Å². The summed E-state index contributed by atoms with van der Waals surface area (Å²) in [4.78, 5) is 4.06. The molecule has 2 nitrogen and oxygen atoms in total. The van der Waals surface area contributed by atoms with Gasteiger partial charge in [0.05, 0.1) is 0 Å². The monoisotopic (exact) mass is 364 g/mol. The van der Waals surface area contributed by atoms with E-state index in [0.29, 0.717) is 0 Å². The van der Waals surface area contributed by atoms with Gasteiger partial charge in [-0.3, -0.25) is 4.90 Å². The van der Waals surface area contributed by atoms with Crippen LogP contribution in [0.4, 0.5) is 0 Å². The van der Waals surface area contributed by atoms with Crippen LogP contribution in [0, 0.1) is 0 Å². The van der Waals surface area contributed by atoms with Crippen LogP contribution in [0.5, 0.6) is 0 Å². The number of halogens is 1. The molecule has 21 heavy (non-hydrogen) atoms. The molecule has 2 aromatic rings. The second-order valence-corrected chi connectivity index (χ2v) is 7.68. The van der Waals surface area contributed by atoms with Crippen molar-refractivity contribution in [2.45, 2.75) is 37.9 Å². The Bertz CT molecular complexity index is 549. The minimum Gasteiger partial charge on any atom is -0.324 e. The van der Waals surface area contributed by atoms with Crippen molar-refractivity contribution in [2.24, 2.45) is 5.73 Å². The molecular weight excluding hydrogens is 344 g/mol. The highest BCUT2D eigenvalue weighted by Crippen LogP contribution is 2.30. The summed E-state index contributed by atoms with van der Waals surface area (Å²) in [7, 11) is 0. The maximum Gasteiger partial charge on any atom is 0.0330 e. The van der Waals surface area contributed by atoms with Crippen molar-refractivity contribution in [3.8, 4) is 0 Å². The zero-order valence-electron chi connectivity index (χ0n) is 12.0. The van der Waals surface area contributed by atoms with Gasteiger partial charge in [0.25, 0.3) is 0 Å². The average molecular weight is 365 g/mol.